The summed E-state index contributed by atoms with van der Waals surface area (Å²) in [5.74, 6) is 0.549. The van der Waals surface area contributed by atoms with E-state index in [4.69, 9.17) is 10.5 Å². The van der Waals surface area contributed by atoms with Crippen LogP contribution in [0.25, 0.3) is 16.0 Å². The number of thiophene rings is 1. The van der Waals surface area contributed by atoms with Crippen LogP contribution in [0.1, 0.15) is 21.7 Å². The number of halogens is 1. The van der Waals surface area contributed by atoms with E-state index in [-0.39, 0.29) is 17.8 Å². The second-order valence-electron chi connectivity index (χ2n) is 14.3. The van der Waals surface area contributed by atoms with Gasteiger partial charge in [0.05, 0.1) is 40.7 Å². The number of fused-ring (bicyclic) bond motifs is 2. The molecule has 0 aliphatic carbocycles. The lowest BCUT2D eigenvalue weighted by Gasteiger charge is -2.36. The zero-order valence-electron chi connectivity index (χ0n) is 30.7. The van der Waals surface area contributed by atoms with Crippen LogP contribution in [-0.4, -0.2) is 95.3 Å². The van der Waals surface area contributed by atoms with Gasteiger partial charge in [-0.1, -0.05) is 30.3 Å². The number of ether oxygens (including phenoxy) is 1. The van der Waals surface area contributed by atoms with Gasteiger partial charge in [-0.15, -0.1) is 11.3 Å². The van der Waals surface area contributed by atoms with E-state index in [2.05, 4.69) is 64.1 Å². The third-order valence-corrected chi connectivity index (χ3v) is 11.7. The first-order valence-electron chi connectivity index (χ1n) is 18.9. The molecule has 9 rings (SSSR count). The number of carbonyl (C=O) groups excluding carboxylic acids is 1. The van der Waals surface area contributed by atoms with Crippen LogP contribution >= 0.6 is 11.3 Å². The molecule has 3 N–H and O–H groups in total. The van der Waals surface area contributed by atoms with Gasteiger partial charge in [-0.3, -0.25) is 14.2 Å². The highest BCUT2D eigenvalue weighted by molar-refractivity contribution is 7.20. The molecule has 3 aliphatic rings. The van der Waals surface area contributed by atoms with Gasteiger partial charge in [0.2, 0.25) is 5.95 Å². The number of para-hydroxylation sites is 1. The number of amides is 1. The summed E-state index contributed by atoms with van der Waals surface area (Å²) in [7, 11) is 0. The molecule has 0 spiro atoms. The van der Waals surface area contributed by atoms with Gasteiger partial charge in [-0.05, 0) is 66.9 Å². The molecule has 13 nitrogen and oxygen atoms in total. The first-order valence-corrected chi connectivity index (χ1v) is 19.7. The van der Waals surface area contributed by atoms with Crippen LogP contribution < -0.4 is 36.0 Å². The van der Waals surface area contributed by atoms with E-state index in [1.54, 1.807) is 10.6 Å². The number of anilines is 5. The molecule has 1 atom stereocenters. The van der Waals surface area contributed by atoms with Crippen molar-refractivity contribution in [3.63, 3.8) is 0 Å². The van der Waals surface area contributed by atoms with Crippen LogP contribution in [0.15, 0.2) is 96.1 Å². The Morgan fingerprint density at radius 3 is 2.43 bits per heavy atom. The van der Waals surface area contributed by atoms with Crippen molar-refractivity contribution in [2.75, 3.05) is 79.4 Å². The van der Waals surface area contributed by atoms with E-state index in [0.29, 0.717) is 40.0 Å². The molecule has 0 radical (unpaired) electrons. The predicted octanol–water partition coefficient (Wildman–Crippen LogP) is 4.86. The highest BCUT2D eigenvalue weighted by atomic mass is 32.1. The van der Waals surface area contributed by atoms with E-state index >= 15 is 0 Å². The molecule has 2 saturated heterocycles. The Morgan fingerprint density at radius 1 is 0.893 bits per heavy atom. The van der Waals surface area contributed by atoms with Crippen LogP contribution in [0, 0.1) is 5.82 Å². The lowest BCUT2D eigenvalue weighted by Crippen LogP contribution is -2.47. The lowest BCUT2D eigenvalue weighted by atomic mass is 10.1. The Kier molecular flexibility index (Phi) is 9.69. The predicted molar refractivity (Wildman–Crippen MR) is 217 cm³/mol. The molecule has 6 aromatic rings. The molecule has 15 heteroatoms. The Bertz CT molecular complexity index is 2420. The molecule has 1 unspecified atom stereocenters. The average molecular weight is 773 g/mol. The second-order valence-corrected chi connectivity index (χ2v) is 15.3. The largest absolute Gasteiger partial charge is 0.490 e. The highest BCUT2D eigenvalue weighted by Crippen LogP contribution is 2.38. The van der Waals surface area contributed by atoms with Crippen molar-refractivity contribution in [1.82, 2.24) is 29.7 Å². The summed E-state index contributed by atoms with van der Waals surface area (Å²) in [6.07, 6.45) is 4.19. The number of rotatable bonds is 9. The van der Waals surface area contributed by atoms with Crippen molar-refractivity contribution in [2.24, 2.45) is 0 Å². The number of benzene rings is 3. The van der Waals surface area contributed by atoms with Gasteiger partial charge < -0.3 is 35.4 Å². The lowest BCUT2D eigenvalue weighted by molar-refractivity contribution is 0.0942. The van der Waals surface area contributed by atoms with Crippen molar-refractivity contribution in [3.8, 4) is 11.4 Å². The molecule has 3 aromatic heterocycles. The maximum Gasteiger partial charge on any atom is 0.298 e. The summed E-state index contributed by atoms with van der Waals surface area (Å²) in [4.78, 5) is 49.7. The first kappa shape index (κ1) is 35.6. The van der Waals surface area contributed by atoms with Crippen LogP contribution in [0.2, 0.25) is 0 Å². The van der Waals surface area contributed by atoms with Gasteiger partial charge in [0.1, 0.15) is 17.2 Å². The number of likely N-dealkylation sites (tertiary alicyclic amines) is 1. The van der Waals surface area contributed by atoms with Crippen molar-refractivity contribution < 1.29 is 13.9 Å². The van der Waals surface area contributed by atoms with Crippen molar-refractivity contribution >= 4 is 56.4 Å². The molecule has 3 aliphatic heterocycles. The number of nitrogens with zero attached hydrogens (tertiary/aromatic N) is 8. The Morgan fingerprint density at radius 2 is 1.64 bits per heavy atom. The molecule has 1 amide bonds. The van der Waals surface area contributed by atoms with Crippen molar-refractivity contribution in [2.45, 2.75) is 18.9 Å². The zero-order chi connectivity index (χ0) is 38.2. The fourth-order valence-corrected chi connectivity index (χ4v) is 8.72. The molecular formula is C41H41FN10O3S. The van der Waals surface area contributed by atoms with Gasteiger partial charge in [0.25, 0.3) is 11.5 Å². The Balaban J connectivity index is 0.819. The van der Waals surface area contributed by atoms with Crippen LogP contribution in [-0.2, 0) is 6.42 Å². The molecule has 3 aromatic carbocycles. The van der Waals surface area contributed by atoms with Gasteiger partial charge in [0, 0.05) is 63.2 Å². The molecule has 56 heavy (non-hydrogen) atoms. The number of nitrogens with one attached hydrogen (secondary N) is 1. The molecule has 6 heterocycles. The number of nitrogen functional groups attached to an aromatic ring is 1. The Hall–Kier alpha value is -6.06. The third kappa shape index (κ3) is 7.22. The number of nitrogens with two attached hydrogens (primary N) is 1. The Labute approximate surface area is 326 Å². The maximum absolute atomic E-state index is 13.6. The van der Waals surface area contributed by atoms with E-state index in [0.717, 1.165) is 75.8 Å². The monoisotopic (exact) mass is 772 g/mol. The highest BCUT2D eigenvalue weighted by Gasteiger charge is 2.27. The van der Waals surface area contributed by atoms with Crippen molar-refractivity contribution in [1.29, 1.82) is 0 Å². The number of hydrogen-bond acceptors (Lipinski definition) is 12. The normalized spacial score (nSPS) is 17.2. The summed E-state index contributed by atoms with van der Waals surface area (Å²) in [6.45, 7) is 6.99. The summed E-state index contributed by atoms with van der Waals surface area (Å²) >= 11 is 1.23. The number of hydrogen-bond donors (Lipinski definition) is 2. The summed E-state index contributed by atoms with van der Waals surface area (Å²) in [6, 6.07) is 26.2. The third-order valence-electron chi connectivity index (χ3n) is 10.7. The first-order chi connectivity index (χ1) is 27.4. The van der Waals surface area contributed by atoms with Crippen LogP contribution in [0.3, 0.4) is 0 Å². The van der Waals surface area contributed by atoms with Gasteiger partial charge in [-0.25, -0.2) is 19.3 Å². The van der Waals surface area contributed by atoms with E-state index in [9.17, 15) is 14.0 Å². The quantitative estimate of drug-likeness (QED) is 0.209. The SMILES string of the molecule is Nc1nc2sc(C(=O)NC3CCN(CCc4ccc(N5CCN(c6ncc(F)cn6)CC5)cc4)C3)cc2n(-c2ccc3c(c2)N(c2ccccc2)CCO3)c1=O. The molecule has 0 bridgehead atoms. The van der Waals surface area contributed by atoms with E-state index in [1.165, 1.54) is 35.0 Å². The average Bonchev–Trinajstić information content (AvgIpc) is 3.88. The summed E-state index contributed by atoms with van der Waals surface area (Å²) < 4.78 is 20.7. The van der Waals surface area contributed by atoms with Crippen LogP contribution in [0.4, 0.5) is 33.2 Å². The molecule has 286 valence electrons. The standard InChI is InChI=1S/C41H41FN10O3S/c42-28-24-44-41(45-25-28)50-18-16-49(17-19-50)30-8-6-27(7-9-30)12-14-48-15-13-29(26-48)46-38(53)36-23-34-39(56-36)47-37(43)40(54)52(34)32-10-11-35-33(22-32)51(20-21-55-35)31-4-2-1-3-5-31/h1-11,22-25,29H,12-21,26H2,(H2,43,47)(H,46,53). The maximum atomic E-state index is 13.6. The fraction of sp³-hybridized carbons (Fsp3) is 0.293. The zero-order valence-corrected chi connectivity index (χ0v) is 31.5. The second kappa shape index (κ2) is 15.2. The van der Waals surface area contributed by atoms with Gasteiger partial charge >= 0.3 is 0 Å². The number of piperazine rings is 1. The number of aromatic nitrogens is 4. The summed E-state index contributed by atoms with van der Waals surface area (Å²) in [5, 5.41) is 3.22. The topological polar surface area (TPSA) is 138 Å². The minimum Gasteiger partial charge on any atom is -0.490 e. The molecule has 0 saturated carbocycles. The fourth-order valence-electron chi connectivity index (χ4n) is 7.79. The van der Waals surface area contributed by atoms with E-state index in [1.807, 2.05) is 48.5 Å². The van der Waals surface area contributed by atoms with E-state index < -0.39 is 11.4 Å². The minimum atomic E-state index is -0.442. The molecule has 2 fully saturated rings. The van der Waals surface area contributed by atoms with Gasteiger partial charge in [-0.2, -0.15) is 0 Å². The number of carbonyl (C=O) groups is 1. The van der Waals surface area contributed by atoms with Crippen LogP contribution in [0.5, 0.6) is 5.75 Å². The van der Waals surface area contributed by atoms with Gasteiger partial charge in [0.15, 0.2) is 11.6 Å². The minimum absolute atomic E-state index is 0.0129. The van der Waals surface area contributed by atoms with Crippen molar-refractivity contribution in [3.05, 3.63) is 118 Å². The molecular weight excluding hydrogens is 732 g/mol. The summed E-state index contributed by atoms with van der Waals surface area (Å²) in [5.41, 5.74) is 11.2. The smallest absolute Gasteiger partial charge is 0.298 e.